The minimum atomic E-state index is -4.36. The van der Waals surface area contributed by atoms with Gasteiger partial charge in [0.25, 0.3) is 5.69 Å². The van der Waals surface area contributed by atoms with Crippen molar-refractivity contribution in [2.75, 3.05) is 26.3 Å². The summed E-state index contributed by atoms with van der Waals surface area (Å²) in [5.74, 6) is 0. The van der Waals surface area contributed by atoms with E-state index < -0.39 is 63.2 Å². The smallest absolute Gasteiger partial charge is 0.488 e. The molecule has 3 rings (SSSR count). The molecule has 2 unspecified atom stereocenters. The molecule has 34 heavy (non-hydrogen) atoms. The van der Waals surface area contributed by atoms with Gasteiger partial charge in [-0.2, -0.15) is 4.31 Å². The third-order valence-corrected chi connectivity index (χ3v) is 7.36. The van der Waals surface area contributed by atoms with Crippen LogP contribution in [0.3, 0.4) is 0 Å². The SMILES string of the molecule is O=c1c2cc([N+](=O)[O-])ccc2[nH]c2ccc(S(=O)(=O)N(CCO[P+](=O)[O-])CCO[P+](=O)[O-])cc12. The number of hydrogen-bond acceptors (Lipinski definition) is 11. The maximum atomic E-state index is 13.2. The van der Waals surface area contributed by atoms with E-state index in [0.29, 0.717) is 5.52 Å². The summed E-state index contributed by atoms with van der Waals surface area (Å²) < 4.78 is 57.1. The van der Waals surface area contributed by atoms with Crippen LogP contribution in [0.5, 0.6) is 0 Å². The molecule has 17 heteroatoms. The van der Waals surface area contributed by atoms with Gasteiger partial charge in [-0.25, -0.2) is 8.42 Å². The van der Waals surface area contributed by atoms with Crippen molar-refractivity contribution in [1.29, 1.82) is 0 Å². The number of nitrogens with one attached hydrogen (secondary N) is 1. The van der Waals surface area contributed by atoms with E-state index in [-0.39, 0.29) is 26.9 Å². The fourth-order valence-electron chi connectivity index (χ4n) is 3.15. The predicted molar refractivity (Wildman–Crippen MR) is 115 cm³/mol. The van der Waals surface area contributed by atoms with Crippen LogP contribution in [-0.2, 0) is 28.2 Å². The normalized spacial score (nSPS) is 12.9. The number of aromatic nitrogens is 1. The van der Waals surface area contributed by atoms with Crippen molar-refractivity contribution in [3.63, 3.8) is 0 Å². The maximum Gasteiger partial charge on any atom is 0.488 e. The Balaban J connectivity index is 2.05. The van der Waals surface area contributed by atoms with E-state index in [2.05, 4.69) is 14.0 Å². The molecule has 0 radical (unpaired) electrons. The number of nitro groups is 1. The van der Waals surface area contributed by atoms with Gasteiger partial charge in [0.05, 0.1) is 20.7 Å². The van der Waals surface area contributed by atoms with Crippen LogP contribution < -0.4 is 15.2 Å². The molecule has 3 aromatic rings. The number of benzene rings is 2. The number of sulfonamides is 1. The second-order valence-corrected chi connectivity index (χ2v) is 10.0. The lowest BCUT2D eigenvalue weighted by atomic mass is 10.1. The van der Waals surface area contributed by atoms with E-state index in [4.69, 9.17) is 0 Å². The van der Waals surface area contributed by atoms with Crippen LogP contribution in [0.1, 0.15) is 0 Å². The summed E-state index contributed by atoms with van der Waals surface area (Å²) in [5, 5.41) is 11.0. The zero-order valence-electron chi connectivity index (χ0n) is 17.0. The van der Waals surface area contributed by atoms with Gasteiger partial charge in [0.1, 0.15) is 13.2 Å². The number of H-pyrrole nitrogens is 1. The van der Waals surface area contributed by atoms with E-state index in [1.165, 1.54) is 24.3 Å². The highest BCUT2D eigenvalue weighted by Gasteiger charge is 2.26. The van der Waals surface area contributed by atoms with Gasteiger partial charge < -0.3 is 14.8 Å². The molecule has 0 spiro atoms. The summed E-state index contributed by atoms with van der Waals surface area (Å²) in [5.41, 5.74) is -0.376. The lowest BCUT2D eigenvalue weighted by Gasteiger charge is -2.20. The summed E-state index contributed by atoms with van der Waals surface area (Å²) in [6.45, 7) is -1.99. The van der Waals surface area contributed by atoms with Gasteiger partial charge in [-0.1, -0.05) is 0 Å². The summed E-state index contributed by atoms with van der Waals surface area (Å²) in [4.78, 5) is 47.2. The Kier molecular flexibility index (Phi) is 8.13. The third-order valence-electron chi connectivity index (χ3n) is 4.68. The molecule has 2 aromatic carbocycles. The molecule has 0 aliphatic rings. The fourth-order valence-corrected chi connectivity index (χ4v) is 5.05. The van der Waals surface area contributed by atoms with E-state index >= 15 is 0 Å². The average Bonchev–Trinajstić information content (AvgIpc) is 2.77. The van der Waals surface area contributed by atoms with E-state index in [9.17, 15) is 42.2 Å². The summed E-state index contributed by atoms with van der Waals surface area (Å²) in [6, 6.07) is 7.25. The van der Waals surface area contributed by atoms with Crippen LogP contribution in [0.2, 0.25) is 0 Å². The van der Waals surface area contributed by atoms with E-state index in [1.54, 1.807) is 0 Å². The minimum absolute atomic E-state index is 0.0200. The Morgan fingerprint density at radius 1 is 0.941 bits per heavy atom. The van der Waals surface area contributed by atoms with Crippen LogP contribution in [0.15, 0.2) is 46.1 Å². The van der Waals surface area contributed by atoms with Crippen molar-refractivity contribution in [2.24, 2.45) is 0 Å². The molecule has 14 nitrogen and oxygen atoms in total. The van der Waals surface area contributed by atoms with Gasteiger partial charge in [-0.05, 0) is 33.4 Å². The van der Waals surface area contributed by atoms with Crippen LogP contribution in [0, 0.1) is 10.1 Å². The lowest BCUT2D eigenvalue weighted by molar-refractivity contribution is -0.384. The average molecular weight is 531 g/mol. The first-order chi connectivity index (χ1) is 16.0. The number of nitro benzene ring substituents is 1. The number of fused-ring (bicyclic) bond motifs is 2. The second-order valence-electron chi connectivity index (χ2n) is 6.67. The van der Waals surface area contributed by atoms with Gasteiger partial charge in [0.2, 0.25) is 10.0 Å². The first kappa shape index (κ1) is 25.9. The summed E-state index contributed by atoms with van der Waals surface area (Å²) >= 11 is 0. The third kappa shape index (κ3) is 5.84. The Hall–Kier alpha value is -2.74. The first-order valence-corrected chi connectivity index (χ1v) is 12.9. The van der Waals surface area contributed by atoms with Gasteiger partial charge in [0, 0.05) is 36.1 Å². The van der Waals surface area contributed by atoms with Crippen molar-refractivity contribution in [2.45, 2.75) is 4.90 Å². The summed E-state index contributed by atoms with van der Waals surface area (Å²) in [7, 11) is -10.8. The Labute approximate surface area is 192 Å². The van der Waals surface area contributed by atoms with Gasteiger partial charge in [-0.15, -0.1) is 9.05 Å². The highest BCUT2D eigenvalue weighted by Crippen LogP contribution is 2.24. The van der Waals surface area contributed by atoms with Crippen molar-refractivity contribution in [3.05, 3.63) is 56.7 Å². The molecule has 1 N–H and O–H groups in total. The predicted octanol–water partition coefficient (Wildman–Crippen LogP) is 0.649. The van der Waals surface area contributed by atoms with Crippen molar-refractivity contribution in [1.82, 2.24) is 9.29 Å². The molecule has 1 aromatic heterocycles. The molecule has 0 amide bonds. The second kappa shape index (κ2) is 10.7. The fraction of sp³-hybridized carbons (Fsp3) is 0.235. The lowest BCUT2D eigenvalue weighted by Crippen LogP contribution is -2.36. The van der Waals surface area contributed by atoms with Crippen LogP contribution in [0.4, 0.5) is 5.69 Å². The molecule has 0 bridgehead atoms. The zero-order chi connectivity index (χ0) is 25.0. The molecule has 1 heterocycles. The van der Waals surface area contributed by atoms with Crippen molar-refractivity contribution in [3.8, 4) is 0 Å². The quantitative estimate of drug-likeness (QED) is 0.157. The first-order valence-electron chi connectivity index (χ1n) is 9.29. The highest BCUT2D eigenvalue weighted by molar-refractivity contribution is 7.89. The Morgan fingerprint density at radius 3 is 2.00 bits per heavy atom. The summed E-state index contributed by atoms with van der Waals surface area (Å²) in [6.07, 6.45) is 0. The van der Waals surface area contributed by atoms with E-state index in [0.717, 1.165) is 16.4 Å². The van der Waals surface area contributed by atoms with Crippen molar-refractivity contribution < 1.29 is 41.3 Å². The standard InChI is InChI=1S/C17H15N3O11P2S/c21-17-13-9-11(20(22)23)1-3-15(13)18-16-4-2-12(10-14(16)17)34(28,29)19(5-7-30-32(24)25)6-8-31-33(26)27/h1-4,9-10H,5-8H2,(H,18,21). The molecule has 0 aliphatic carbocycles. The molecule has 2 atom stereocenters. The number of non-ortho nitro benzene ring substituents is 1. The Bertz CT molecular complexity index is 1440. The highest BCUT2D eigenvalue weighted by atomic mass is 32.2. The number of hydrogen-bond donors (Lipinski definition) is 1. The van der Waals surface area contributed by atoms with E-state index in [1.807, 2.05) is 0 Å². The molecule has 0 aliphatic heterocycles. The Morgan fingerprint density at radius 2 is 1.47 bits per heavy atom. The topological polar surface area (TPSA) is 212 Å². The monoisotopic (exact) mass is 531 g/mol. The number of aromatic amines is 1. The molecular formula is C17H15N3O11P2S. The zero-order valence-corrected chi connectivity index (χ0v) is 19.6. The molecular weight excluding hydrogens is 516 g/mol. The molecule has 0 saturated heterocycles. The van der Waals surface area contributed by atoms with Gasteiger partial charge in [0.15, 0.2) is 5.43 Å². The van der Waals surface area contributed by atoms with Crippen LogP contribution >= 0.6 is 16.5 Å². The largest absolute Gasteiger partial charge is 0.566 e. The molecule has 0 saturated carbocycles. The number of pyridine rings is 1. The number of rotatable bonds is 11. The molecule has 180 valence electrons. The maximum absolute atomic E-state index is 13.2. The van der Waals surface area contributed by atoms with Gasteiger partial charge in [-0.3, -0.25) is 14.9 Å². The minimum Gasteiger partial charge on any atom is -0.566 e. The van der Waals surface area contributed by atoms with Crippen LogP contribution in [0.25, 0.3) is 21.8 Å². The van der Waals surface area contributed by atoms with Crippen LogP contribution in [-0.4, -0.2) is 48.9 Å². The van der Waals surface area contributed by atoms with Gasteiger partial charge >= 0.3 is 16.5 Å². The van der Waals surface area contributed by atoms with Crippen molar-refractivity contribution >= 4 is 54.0 Å². The number of nitrogens with zero attached hydrogens (tertiary/aromatic N) is 2. The molecule has 0 fully saturated rings.